The molecule has 1 aromatic carbocycles. The third-order valence-electron chi connectivity index (χ3n) is 2.69. The molecule has 1 heterocycles. The van der Waals surface area contributed by atoms with Crippen LogP contribution in [0.5, 0.6) is 11.5 Å². The van der Waals surface area contributed by atoms with Gasteiger partial charge in [0.2, 0.25) is 0 Å². The number of aromatic amines is 1. The molecule has 3 N–H and O–H groups in total. The summed E-state index contributed by atoms with van der Waals surface area (Å²) in [5, 5.41) is 10.6. The van der Waals surface area contributed by atoms with E-state index in [4.69, 9.17) is 0 Å². The molecule has 7 nitrogen and oxygen atoms in total. The molecule has 1 aromatic heterocycles. The summed E-state index contributed by atoms with van der Waals surface area (Å²) in [7, 11) is 0. The number of ether oxygens (including phenoxy) is 2. The fourth-order valence-corrected chi connectivity index (χ4v) is 1.75. The molecule has 0 saturated heterocycles. The Balaban J connectivity index is 2.13. The number of carbonyl (C=O) groups excluding carboxylic acids is 1. The summed E-state index contributed by atoms with van der Waals surface area (Å²) < 4.78 is 82.6. The van der Waals surface area contributed by atoms with Gasteiger partial charge in [-0.2, -0.15) is 31.4 Å². The lowest BCUT2D eigenvalue weighted by Crippen LogP contribution is -2.21. The molecular weight excluding hydrogens is 386 g/mol. The summed E-state index contributed by atoms with van der Waals surface area (Å²) in [6.45, 7) is -3.34. The highest BCUT2D eigenvalue weighted by Crippen LogP contribution is 2.29. The number of H-pyrrole nitrogens is 1. The Morgan fingerprint density at radius 1 is 0.963 bits per heavy atom. The summed E-state index contributed by atoms with van der Waals surface area (Å²) in [4.78, 5) is 11.8. The summed E-state index contributed by atoms with van der Waals surface area (Å²) >= 11 is 0. The van der Waals surface area contributed by atoms with Gasteiger partial charge in [0.25, 0.3) is 0 Å². The van der Waals surface area contributed by atoms with E-state index >= 15 is 0 Å². The van der Waals surface area contributed by atoms with E-state index in [2.05, 4.69) is 30.3 Å². The molecule has 2 rings (SSSR count). The standard InChI is InChI=1S/C14H12F6N4O3/c15-13(16,17)6-26-9-3-8(4-10(5-9)27-7-14(18,19)20)22-12(25)23-11-1-2-21-24-11/h1-5H,6-7H2,(H3,21,22,23,24,25). The maximum Gasteiger partial charge on any atom is 0.422 e. The molecule has 0 atom stereocenters. The van der Waals surface area contributed by atoms with E-state index in [1.807, 2.05) is 0 Å². The van der Waals surface area contributed by atoms with Crippen molar-refractivity contribution in [3.63, 3.8) is 0 Å². The molecule has 0 unspecified atom stereocenters. The van der Waals surface area contributed by atoms with Gasteiger partial charge in [0.05, 0.1) is 6.20 Å². The largest absolute Gasteiger partial charge is 0.484 e. The molecular formula is C14H12F6N4O3. The Hall–Kier alpha value is -3.12. The van der Waals surface area contributed by atoms with Gasteiger partial charge in [0.1, 0.15) is 17.3 Å². The van der Waals surface area contributed by atoms with E-state index in [1.54, 1.807) is 0 Å². The van der Waals surface area contributed by atoms with E-state index < -0.39 is 43.1 Å². The molecule has 148 valence electrons. The van der Waals surface area contributed by atoms with Crippen LogP contribution in [-0.2, 0) is 0 Å². The van der Waals surface area contributed by atoms with Crippen molar-refractivity contribution >= 4 is 17.5 Å². The third kappa shape index (κ3) is 7.75. The molecule has 0 fully saturated rings. The van der Waals surface area contributed by atoms with Crippen molar-refractivity contribution in [2.75, 3.05) is 23.8 Å². The van der Waals surface area contributed by atoms with Gasteiger partial charge < -0.3 is 14.8 Å². The van der Waals surface area contributed by atoms with Crippen molar-refractivity contribution in [1.29, 1.82) is 0 Å². The highest BCUT2D eigenvalue weighted by molar-refractivity contribution is 5.99. The lowest BCUT2D eigenvalue weighted by molar-refractivity contribution is -0.153. The van der Waals surface area contributed by atoms with Gasteiger partial charge in [-0.15, -0.1) is 0 Å². The topological polar surface area (TPSA) is 88.3 Å². The van der Waals surface area contributed by atoms with Gasteiger partial charge in [0.15, 0.2) is 13.2 Å². The van der Waals surface area contributed by atoms with E-state index in [0.29, 0.717) is 0 Å². The first-order valence-corrected chi connectivity index (χ1v) is 7.12. The van der Waals surface area contributed by atoms with Crippen molar-refractivity contribution in [2.24, 2.45) is 0 Å². The zero-order chi connectivity index (χ0) is 20.1. The first-order chi connectivity index (χ1) is 12.5. The average Bonchev–Trinajstić information content (AvgIpc) is 3.02. The number of hydrogen-bond donors (Lipinski definition) is 3. The van der Waals surface area contributed by atoms with Crippen molar-refractivity contribution < 1.29 is 40.6 Å². The van der Waals surface area contributed by atoms with Crippen LogP contribution in [0.2, 0.25) is 0 Å². The normalized spacial score (nSPS) is 11.8. The lowest BCUT2D eigenvalue weighted by Gasteiger charge is -2.15. The van der Waals surface area contributed by atoms with Crippen LogP contribution in [0.1, 0.15) is 0 Å². The monoisotopic (exact) mass is 398 g/mol. The minimum atomic E-state index is -4.66. The van der Waals surface area contributed by atoms with Crippen LogP contribution in [0.4, 0.5) is 42.6 Å². The second kappa shape index (κ2) is 8.05. The van der Waals surface area contributed by atoms with Crippen molar-refractivity contribution in [2.45, 2.75) is 12.4 Å². The van der Waals surface area contributed by atoms with E-state index in [1.165, 1.54) is 12.3 Å². The van der Waals surface area contributed by atoms with Gasteiger partial charge in [-0.1, -0.05) is 0 Å². The molecule has 0 bridgehead atoms. The Morgan fingerprint density at radius 3 is 1.96 bits per heavy atom. The van der Waals surface area contributed by atoms with Crippen LogP contribution in [-0.4, -0.2) is 41.8 Å². The molecule has 2 amide bonds. The number of anilines is 2. The maximum atomic E-state index is 12.3. The molecule has 27 heavy (non-hydrogen) atoms. The van der Waals surface area contributed by atoms with E-state index in [9.17, 15) is 31.1 Å². The number of carbonyl (C=O) groups is 1. The predicted molar refractivity (Wildman–Crippen MR) is 80.8 cm³/mol. The van der Waals surface area contributed by atoms with E-state index in [0.717, 1.165) is 18.2 Å². The smallest absolute Gasteiger partial charge is 0.422 e. The fraction of sp³-hybridized carbons (Fsp3) is 0.286. The third-order valence-corrected chi connectivity index (χ3v) is 2.69. The number of benzene rings is 1. The number of halogens is 6. The highest BCUT2D eigenvalue weighted by atomic mass is 19.4. The quantitative estimate of drug-likeness (QED) is 0.644. The summed E-state index contributed by atoms with van der Waals surface area (Å²) in [6.07, 6.45) is -7.97. The SMILES string of the molecule is O=C(Nc1cc(OCC(F)(F)F)cc(OCC(F)(F)F)c1)Nc1ccn[nH]1. The van der Waals surface area contributed by atoms with Crippen LogP contribution < -0.4 is 20.1 Å². The summed E-state index contributed by atoms with van der Waals surface area (Å²) in [5.74, 6) is -0.668. The molecule has 0 aliphatic carbocycles. The average molecular weight is 398 g/mol. The Kier molecular flexibility index (Phi) is 6.02. The zero-order valence-corrected chi connectivity index (χ0v) is 13.2. The van der Waals surface area contributed by atoms with Crippen LogP contribution in [0.3, 0.4) is 0 Å². The Labute approximate surface area is 147 Å². The summed E-state index contributed by atoms with van der Waals surface area (Å²) in [5.41, 5.74) is -0.149. The zero-order valence-electron chi connectivity index (χ0n) is 13.2. The number of aromatic nitrogens is 2. The number of nitrogens with one attached hydrogen (secondary N) is 3. The van der Waals surface area contributed by atoms with Crippen molar-refractivity contribution in [1.82, 2.24) is 10.2 Å². The van der Waals surface area contributed by atoms with Crippen LogP contribution >= 0.6 is 0 Å². The van der Waals surface area contributed by atoms with Crippen LogP contribution in [0.25, 0.3) is 0 Å². The van der Waals surface area contributed by atoms with Gasteiger partial charge in [-0.3, -0.25) is 10.4 Å². The van der Waals surface area contributed by atoms with Crippen molar-refractivity contribution in [3.8, 4) is 11.5 Å². The Bertz CT molecular complexity index is 725. The second-order valence-electron chi connectivity index (χ2n) is 5.05. The number of urea groups is 1. The van der Waals surface area contributed by atoms with Gasteiger partial charge in [-0.05, 0) is 0 Å². The first kappa shape index (κ1) is 20.2. The summed E-state index contributed by atoms with van der Waals surface area (Å²) in [6, 6.07) is 3.43. The second-order valence-corrected chi connectivity index (χ2v) is 5.05. The van der Waals surface area contributed by atoms with Gasteiger partial charge >= 0.3 is 18.4 Å². The number of amides is 2. The number of nitrogens with zero attached hydrogens (tertiary/aromatic N) is 1. The molecule has 0 saturated carbocycles. The minimum Gasteiger partial charge on any atom is -0.484 e. The Morgan fingerprint density at radius 2 is 1.52 bits per heavy atom. The fourth-order valence-electron chi connectivity index (χ4n) is 1.75. The van der Waals surface area contributed by atoms with Gasteiger partial charge in [-0.25, -0.2) is 4.79 Å². The first-order valence-electron chi connectivity index (χ1n) is 7.12. The van der Waals surface area contributed by atoms with Crippen LogP contribution in [0, 0.1) is 0 Å². The lowest BCUT2D eigenvalue weighted by atomic mass is 10.2. The predicted octanol–water partition coefficient (Wildman–Crippen LogP) is 3.94. The molecule has 0 aliphatic heterocycles. The van der Waals surface area contributed by atoms with Gasteiger partial charge in [0, 0.05) is 30.0 Å². The van der Waals surface area contributed by atoms with Crippen LogP contribution in [0.15, 0.2) is 30.5 Å². The molecule has 0 aliphatic rings. The number of hydrogen-bond acceptors (Lipinski definition) is 4. The number of alkyl halides is 6. The molecule has 13 heteroatoms. The van der Waals surface area contributed by atoms with E-state index in [-0.39, 0.29) is 11.5 Å². The minimum absolute atomic E-state index is 0.149. The molecule has 0 radical (unpaired) electrons. The van der Waals surface area contributed by atoms with Crippen molar-refractivity contribution in [3.05, 3.63) is 30.5 Å². The number of rotatable bonds is 6. The maximum absolute atomic E-state index is 12.3. The highest BCUT2D eigenvalue weighted by Gasteiger charge is 2.30. The molecule has 0 spiro atoms. The molecule has 2 aromatic rings.